The Hall–Kier alpha value is -0.950. The van der Waals surface area contributed by atoms with Crippen LogP contribution in [-0.4, -0.2) is 53.2 Å². The van der Waals surface area contributed by atoms with Crippen molar-refractivity contribution in [2.45, 2.75) is 19.1 Å². The maximum Gasteiger partial charge on any atom is 0.247 e. The van der Waals surface area contributed by atoms with Crippen LogP contribution in [0.3, 0.4) is 0 Å². The molecule has 0 N–H and O–H groups in total. The van der Waals surface area contributed by atoms with E-state index in [1.54, 1.807) is 4.90 Å². The van der Waals surface area contributed by atoms with Crippen LogP contribution >= 0.6 is 24.0 Å². The lowest BCUT2D eigenvalue weighted by Gasteiger charge is -2.28. The lowest BCUT2D eigenvalue weighted by Crippen LogP contribution is -2.43. The smallest absolute Gasteiger partial charge is 0.247 e. The number of amides is 1. The van der Waals surface area contributed by atoms with Crippen LogP contribution in [0.1, 0.15) is 11.1 Å². The predicted molar refractivity (Wildman–Crippen MR) is 94.6 cm³/mol. The Bertz CT molecular complexity index is 600. The maximum atomic E-state index is 12.8. The van der Waals surface area contributed by atoms with E-state index in [1.807, 2.05) is 19.1 Å². The zero-order valence-corrected chi connectivity index (χ0v) is 14.5. The largest absolute Gasteiger partial charge is 0.379 e. The van der Waals surface area contributed by atoms with E-state index in [0.717, 1.165) is 44.1 Å². The van der Waals surface area contributed by atoms with Crippen LogP contribution in [0.25, 0.3) is 0 Å². The van der Waals surface area contributed by atoms with Crippen LogP contribution in [0.2, 0.25) is 0 Å². The summed E-state index contributed by atoms with van der Waals surface area (Å²) in [5, 5.41) is -0.105. The number of hydrogen-bond donors (Lipinski definition) is 0. The molecule has 2 aliphatic heterocycles. The Kier molecular flexibility index (Phi) is 4.82. The van der Waals surface area contributed by atoms with Crippen molar-refractivity contribution in [1.29, 1.82) is 0 Å². The minimum absolute atomic E-state index is 0.105. The van der Waals surface area contributed by atoms with Crippen molar-refractivity contribution in [2.75, 3.05) is 37.7 Å². The Labute approximate surface area is 140 Å². The third-order valence-corrected chi connectivity index (χ3v) is 5.53. The zero-order chi connectivity index (χ0) is 15.7. The van der Waals surface area contributed by atoms with E-state index in [2.05, 4.69) is 17.9 Å². The molecule has 0 radical (unpaired) electrons. The molecule has 1 amide bonds. The average Bonchev–Trinajstić information content (AvgIpc) is 2.75. The highest BCUT2D eigenvalue weighted by Crippen LogP contribution is 2.34. The molecule has 2 heterocycles. The summed E-state index contributed by atoms with van der Waals surface area (Å²) in [5.41, 5.74) is 3.19. The molecule has 1 aromatic rings. The number of nitrogens with zero attached hydrogens (tertiary/aromatic N) is 2. The van der Waals surface area contributed by atoms with Gasteiger partial charge in [-0.1, -0.05) is 41.7 Å². The summed E-state index contributed by atoms with van der Waals surface area (Å²) in [6, 6.07) is 6.11. The Morgan fingerprint density at radius 3 is 2.73 bits per heavy atom. The minimum Gasteiger partial charge on any atom is -0.379 e. The van der Waals surface area contributed by atoms with Gasteiger partial charge in [0, 0.05) is 19.6 Å². The second kappa shape index (κ2) is 6.66. The zero-order valence-electron chi connectivity index (χ0n) is 12.9. The number of benzene rings is 1. The van der Waals surface area contributed by atoms with E-state index in [0.29, 0.717) is 4.32 Å². The second-order valence-corrected chi connectivity index (χ2v) is 7.59. The third-order valence-electron chi connectivity index (χ3n) is 4.04. The number of anilines is 1. The van der Waals surface area contributed by atoms with Gasteiger partial charge in [0.15, 0.2) is 0 Å². The van der Waals surface area contributed by atoms with Crippen LogP contribution in [0.15, 0.2) is 18.2 Å². The Balaban J connectivity index is 1.76. The first kappa shape index (κ1) is 15.9. The first-order chi connectivity index (χ1) is 10.6. The normalized spacial score (nSPS) is 23.4. The highest BCUT2D eigenvalue weighted by molar-refractivity contribution is 8.25. The molecule has 118 valence electrons. The van der Waals surface area contributed by atoms with Gasteiger partial charge in [-0.15, -0.1) is 0 Å². The summed E-state index contributed by atoms with van der Waals surface area (Å²) in [4.78, 5) is 16.8. The lowest BCUT2D eigenvalue weighted by molar-refractivity contribution is -0.117. The highest BCUT2D eigenvalue weighted by atomic mass is 32.2. The second-order valence-electron chi connectivity index (χ2n) is 5.75. The van der Waals surface area contributed by atoms with E-state index in [-0.39, 0.29) is 11.2 Å². The van der Waals surface area contributed by atoms with Gasteiger partial charge >= 0.3 is 0 Å². The molecule has 6 heteroatoms. The summed E-state index contributed by atoms with van der Waals surface area (Å²) < 4.78 is 6.02. The van der Waals surface area contributed by atoms with E-state index in [4.69, 9.17) is 17.0 Å². The van der Waals surface area contributed by atoms with Gasteiger partial charge in [-0.25, -0.2) is 0 Å². The molecule has 0 saturated carbocycles. The topological polar surface area (TPSA) is 32.8 Å². The van der Waals surface area contributed by atoms with Crippen molar-refractivity contribution in [2.24, 2.45) is 0 Å². The van der Waals surface area contributed by atoms with E-state index < -0.39 is 0 Å². The van der Waals surface area contributed by atoms with Crippen molar-refractivity contribution in [1.82, 2.24) is 4.90 Å². The van der Waals surface area contributed by atoms with E-state index in [1.165, 1.54) is 17.3 Å². The molecule has 0 unspecified atom stereocenters. The number of carbonyl (C=O) groups excluding carboxylic acids is 1. The minimum atomic E-state index is -0.105. The average molecular weight is 336 g/mol. The molecule has 2 saturated heterocycles. The molecule has 0 bridgehead atoms. The third kappa shape index (κ3) is 3.20. The van der Waals surface area contributed by atoms with Gasteiger partial charge in [-0.2, -0.15) is 0 Å². The molecule has 1 aromatic carbocycles. The van der Waals surface area contributed by atoms with Crippen LogP contribution < -0.4 is 4.90 Å². The SMILES string of the molecule is Cc1ccc(N2C(=O)[C@H](CN3CCOCC3)SC2=S)c(C)c1. The number of morpholine rings is 1. The summed E-state index contributed by atoms with van der Waals surface area (Å²) in [6.07, 6.45) is 0. The summed E-state index contributed by atoms with van der Waals surface area (Å²) in [6.45, 7) is 8.10. The molecule has 1 atom stereocenters. The molecule has 4 nitrogen and oxygen atoms in total. The van der Waals surface area contributed by atoms with Gasteiger partial charge in [0.1, 0.15) is 9.57 Å². The quantitative estimate of drug-likeness (QED) is 0.792. The van der Waals surface area contributed by atoms with Gasteiger partial charge in [0.25, 0.3) is 0 Å². The first-order valence-corrected chi connectivity index (χ1v) is 8.77. The van der Waals surface area contributed by atoms with E-state index >= 15 is 0 Å². The fourth-order valence-corrected chi connectivity index (χ4v) is 4.43. The van der Waals surface area contributed by atoms with Gasteiger partial charge in [0.2, 0.25) is 5.91 Å². The number of hydrogen-bond acceptors (Lipinski definition) is 5. The molecule has 0 spiro atoms. The Morgan fingerprint density at radius 2 is 2.05 bits per heavy atom. The van der Waals surface area contributed by atoms with Crippen molar-refractivity contribution in [3.63, 3.8) is 0 Å². The van der Waals surface area contributed by atoms with Crippen LogP contribution in [0.5, 0.6) is 0 Å². The van der Waals surface area contributed by atoms with E-state index in [9.17, 15) is 4.79 Å². The highest BCUT2D eigenvalue weighted by Gasteiger charge is 2.39. The van der Waals surface area contributed by atoms with Crippen molar-refractivity contribution < 1.29 is 9.53 Å². The monoisotopic (exact) mass is 336 g/mol. The fraction of sp³-hybridized carbons (Fsp3) is 0.500. The Morgan fingerprint density at radius 1 is 1.32 bits per heavy atom. The number of aryl methyl sites for hydroxylation is 2. The van der Waals surface area contributed by atoms with Gasteiger partial charge in [-0.3, -0.25) is 14.6 Å². The summed E-state index contributed by atoms with van der Waals surface area (Å²) in [5.74, 6) is 0.105. The van der Waals surface area contributed by atoms with Gasteiger partial charge in [0.05, 0.1) is 18.9 Å². The lowest BCUT2D eigenvalue weighted by atomic mass is 10.1. The standard InChI is InChI=1S/C16H20N2O2S2/c1-11-3-4-13(12(2)9-11)18-15(19)14(22-16(18)21)10-17-5-7-20-8-6-17/h3-4,9,14H,5-8,10H2,1-2H3/t14-/m0/s1. The predicted octanol–water partition coefficient (Wildman–Crippen LogP) is 2.37. The maximum absolute atomic E-state index is 12.8. The summed E-state index contributed by atoms with van der Waals surface area (Å²) >= 11 is 6.97. The first-order valence-electron chi connectivity index (χ1n) is 7.48. The van der Waals surface area contributed by atoms with Crippen molar-refractivity contribution >= 4 is 39.9 Å². The molecule has 2 aliphatic rings. The van der Waals surface area contributed by atoms with Crippen LogP contribution in [0, 0.1) is 13.8 Å². The summed E-state index contributed by atoms with van der Waals surface area (Å²) in [7, 11) is 0. The molecule has 2 fully saturated rings. The number of thioether (sulfide) groups is 1. The molecule has 22 heavy (non-hydrogen) atoms. The van der Waals surface area contributed by atoms with Gasteiger partial charge in [-0.05, 0) is 25.5 Å². The fourth-order valence-electron chi connectivity index (χ4n) is 2.87. The van der Waals surface area contributed by atoms with Gasteiger partial charge < -0.3 is 4.74 Å². The number of ether oxygens (including phenoxy) is 1. The molecule has 0 aromatic heterocycles. The number of rotatable bonds is 3. The number of carbonyl (C=O) groups is 1. The van der Waals surface area contributed by atoms with Crippen LogP contribution in [-0.2, 0) is 9.53 Å². The van der Waals surface area contributed by atoms with Crippen molar-refractivity contribution in [3.8, 4) is 0 Å². The molecule has 3 rings (SSSR count). The number of thiocarbonyl (C=S) groups is 1. The molecular formula is C16H20N2O2S2. The molecular weight excluding hydrogens is 316 g/mol. The van der Waals surface area contributed by atoms with Crippen molar-refractivity contribution in [3.05, 3.63) is 29.3 Å². The molecule has 0 aliphatic carbocycles. The van der Waals surface area contributed by atoms with Crippen LogP contribution in [0.4, 0.5) is 5.69 Å².